The molecule has 16 heavy (non-hydrogen) atoms. The first-order valence-corrected chi connectivity index (χ1v) is 7.36. The van der Waals surface area contributed by atoms with Crippen LogP contribution in [0.4, 0.5) is 0 Å². The van der Waals surface area contributed by atoms with Crippen molar-refractivity contribution >= 4 is 34.8 Å². The Hall–Kier alpha value is 0.830. The summed E-state index contributed by atoms with van der Waals surface area (Å²) in [6.45, 7) is 2.22. The minimum atomic E-state index is -1.53. The number of aliphatic hydroxyl groups excluding tert-OH is 1. The first kappa shape index (κ1) is 16.8. The summed E-state index contributed by atoms with van der Waals surface area (Å²) in [6.07, 6.45) is 9.58. The van der Waals surface area contributed by atoms with Crippen molar-refractivity contribution < 1.29 is 5.11 Å². The van der Waals surface area contributed by atoms with E-state index in [2.05, 4.69) is 6.92 Å². The van der Waals surface area contributed by atoms with Crippen molar-refractivity contribution in [2.45, 2.75) is 74.6 Å². The highest BCUT2D eigenvalue weighted by atomic mass is 35.6. The Kier molecular flexibility index (Phi) is 10.3. The van der Waals surface area contributed by atoms with E-state index in [1.54, 1.807) is 0 Å². The molecule has 0 saturated heterocycles. The second kappa shape index (κ2) is 9.82. The fourth-order valence-electron chi connectivity index (χ4n) is 1.64. The van der Waals surface area contributed by atoms with E-state index in [-0.39, 0.29) is 0 Å². The van der Waals surface area contributed by atoms with Gasteiger partial charge in [-0.25, -0.2) is 0 Å². The molecule has 98 valence electrons. The normalized spacial score (nSPS) is 14.1. The Morgan fingerprint density at radius 1 is 0.875 bits per heavy atom. The Balaban J connectivity index is 3.21. The first-order chi connectivity index (χ1) is 7.48. The van der Waals surface area contributed by atoms with E-state index in [4.69, 9.17) is 34.8 Å². The molecule has 0 aromatic rings. The zero-order valence-corrected chi connectivity index (χ0v) is 12.3. The predicted molar refractivity (Wildman–Crippen MR) is 73.5 cm³/mol. The fraction of sp³-hybridized carbons (Fsp3) is 1.00. The lowest BCUT2D eigenvalue weighted by atomic mass is 10.1. The number of rotatable bonds is 9. The van der Waals surface area contributed by atoms with Gasteiger partial charge in [0.2, 0.25) is 3.79 Å². The van der Waals surface area contributed by atoms with Crippen LogP contribution in [0, 0.1) is 0 Å². The summed E-state index contributed by atoms with van der Waals surface area (Å²) in [7, 11) is 0. The van der Waals surface area contributed by atoms with Gasteiger partial charge < -0.3 is 5.11 Å². The summed E-state index contributed by atoms with van der Waals surface area (Å²) in [6, 6.07) is 0. The fourth-order valence-corrected chi connectivity index (χ4v) is 1.96. The number of hydrogen-bond donors (Lipinski definition) is 1. The minimum Gasteiger partial charge on any atom is -0.389 e. The molecular formula is C12H23Cl3O. The predicted octanol–water partition coefficient (Wildman–Crippen LogP) is 5.25. The van der Waals surface area contributed by atoms with E-state index in [0.717, 1.165) is 12.8 Å². The van der Waals surface area contributed by atoms with Crippen LogP contribution in [0.25, 0.3) is 0 Å². The molecule has 0 saturated carbocycles. The Morgan fingerprint density at radius 2 is 1.31 bits per heavy atom. The third-order valence-corrected chi connectivity index (χ3v) is 3.46. The van der Waals surface area contributed by atoms with Crippen LogP contribution in [0.1, 0.15) is 64.7 Å². The van der Waals surface area contributed by atoms with Crippen molar-refractivity contribution in [1.29, 1.82) is 0 Å². The van der Waals surface area contributed by atoms with Crippen molar-refractivity contribution in [3.8, 4) is 0 Å². The van der Waals surface area contributed by atoms with E-state index in [1.165, 1.54) is 38.5 Å². The maximum atomic E-state index is 9.46. The topological polar surface area (TPSA) is 20.2 Å². The van der Waals surface area contributed by atoms with Crippen LogP contribution in [0.15, 0.2) is 0 Å². The molecule has 0 aliphatic rings. The molecule has 0 radical (unpaired) electrons. The molecule has 0 aromatic heterocycles. The van der Waals surface area contributed by atoms with Gasteiger partial charge in [-0.2, -0.15) is 0 Å². The van der Waals surface area contributed by atoms with Gasteiger partial charge in [0.15, 0.2) is 0 Å². The number of alkyl halides is 3. The Morgan fingerprint density at radius 3 is 1.75 bits per heavy atom. The Bertz CT molecular complexity index is 157. The van der Waals surface area contributed by atoms with Gasteiger partial charge in [-0.3, -0.25) is 0 Å². The van der Waals surface area contributed by atoms with Gasteiger partial charge in [-0.15, -0.1) is 0 Å². The molecule has 1 unspecified atom stereocenters. The maximum absolute atomic E-state index is 9.46. The monoisotopic (exact) mass is 288 g/mol. The summed E-state index contributed by atoms with van der Waals surface area (Å²) < 4.78 is -1.53. The van der Waals surface area contributed by atoms with Crippen molar-refractivity contribution in [3.63, 3.8) is 0 Å². The standard InChI is InChI=1S/C12H23Cl3O/c1-2-3-4-5-6-7-8-9-10-11(16)12(13,14)15/h11,16H,2-10H2,1H3. The van der Waals surface area contributed by atoms with Crippen molar-refractivity contribution in [2.24, 2.45) is 0 Å². The van der Waals surface area contributed by atoms with Crippen LogP contribution in [-0.2, 0) is 0 Å². The highest BCUT2D eigenvalue weighted by Crippen LogP contribution is 2.32. The van der Waals surface area contributed by atoms with E-state index in [9.17, 15) is 5.11 Å². The third kappa shape index (κ3) is 10.0. The number of hydrogen-bond acceptors (Lipinski definition) is 1. The summed E-state index contributed by atoms with van der Waals surface area (Å²) in [5.41, 5.74) is 0. The van der Waals surface area contributed by atoms with Crippen LogP contribution in [0.5, 0.6) is 0 Å². The van der Waals surface area contributed by atoms with Crippen LogP contribution in [-0.4, -0.2) is 15.0 Å². The highest BCUT2D eigenvalue weighted by Gasteiger charge is 2.29. The molecule has 0 fully saturated rings. The average molecular weight is 290 g/mol. The average Bonchev–Trinajstić information content (AvgIpc) is 2.20. The molecule has 0 aromatic carbocycles. The smallest absolute Gasteiger partial charge is 0.216 e. The molecule has 1 nitrogen and oxygen atoms in total. The molecular weight excluding hydrogens is 266 g/mol. The molecule has 1 atom stereocenters. The first-order valence-electron chi connectivity index (χ1n) is 6.23. The van der Waals surface area contributed by atoms with Gasteiger partial charge in [0, 0.05) is 0 Å². The van der Waals surface area contributed by atoms with E-state index >= 15 is 0 Å². The minimum absolute atomic E-state index is 0.575. The van der Waals surface area contributed by atoms with E-state index < -0.39 is 9.90 Å². The van der Waals surface area contributed by atoms with Crippen LogP contribution in [0.3, 0.4) is 0 Å². The van der Waals surface area contributed by atoms with Gasteiger partial charge >= 0.3 is 0 Å². The molecule has 0 heterocycles. The van der Waals surface area contributed by atoms with Gasteiger partial charge in [0.1, 0.15) is 6.10 Å². The zero-order valence-electron chi connectivity index (χ0n) is 10.0. The molecule has 0 amide bonds. The Labute approximate surface area is 114 Å². The van der Waals surface area contributed by atoms with Crippen LogP contribution >= 0.6 is 34.8 Å². The molecule has 0 aliphatic heterocycles. The van der Waals surface area contributed by atoms with Gasteiger partial charge in [0.25, 0.3) is 0 Å². The summed E-state index contributed by atoms with van der Waals surface area (Å²) >= 11 is 16.7. The highest BCUT2D eigenvalue weighted by molar-refractivity contribution is 6.68. The SMILES string of the molecule is CCCCCCCCCCC(O)C(Cl)(Cl)Cl. The lowest BCUT2D eigenvalue weighted by Gasteiger charge is -2.18. The maximum Gasteiger partial charge on any atom is 0.216 e. The van der Waals surface area contributed by atoms with Gasteiger partial charge in [0.05, 0.1) is 0 Å². The summed E-state index contributed by atoms with van der Waals surface area (Å²) in [5, 5.41) is 9.46. The largest absolute Gasteiger partial charge is 0.389 e. The quantitative estimate of drug-likeness (QED) is 0.454. The number of halogens is 3. The number of aliphatic hydroxyl groups is 1. The third-order valence-electron chi connectivity index (χ3n) is 2.71. The second-order valence-electron chi connectivity index (χ2n) is 4.32. The zero-order chi connectivity index (χ0) is 12.4. The summed E-state index contributed by atoms with van der Waals surface area (Å²) in [4.78, 5) is 0. The molecule has 0 aliphatic carbocycles. The summed E-state index contributed by atoms with van der Waals surface area (Å²) in [5.74, 6) is 0. The van der Waals surface area contributed by atoms with Crippen LogP contribution in [0.2, 0.25) is 0 Å². The molecule has 0 bridgehead atoms. The van der Waals surface area contributed by atoms with Crippen molar-refractivity contribution in [1.82, 2.24) is 0 Å². The van der Waals surface area contributed by atoms with Gasteiger partial charge in [-0.05, 0) is 6.42 Å². The lowest BCUT2D eigenvalue weighted by molar-refractivity contribution is 0.164. The van der Waals surface area contributed by atoms with Crippen LogP contribution < -0.4 is 0 Å². The molecule has 0 rings (SSSR count). The molecule has 4 heteroatoms. The van der Waals surface area contributed by atoms with Gasteiger partial charge in [-0.1, -0.05) is 93.1 Å². The molecule has 1 N–H and O–H groups in total. The van der Waals surface area contributed by atoms with Crippen molar-refractivity contribution in [2.75, 3.05) is 0 Å². The number of unbranched alkanes of at least 4 members (excludes halogenated alkanes) is 7. The molecule has 0 spiro atoms. The lowest BCUT2D eigenvalue weighted by Crippen LogP contribution is -2.24. The van der Waals surface area contributed by atoms with E-state index in [1.807, 2.05) is 0 Å². The second-order valence-corrected chi connectivity index (χ2v) is 6.69. The van der Waals surface area contributed by atoms with Crippen molar-refractivity contribution in [3.05, 3.63) is 0 Å². The van der Waals surface area contributed by atoms with E-state index in [0.29, 0.717) is 6.42 Å².